The van der Waals surface area contributed by atoms with Gasteiger partial charge in [0, 0.05) is 19.5 Å². The molecular formula is C16H21N3O3. The first kappa shape index (κ1) is 16.0. The predicted molar refractivity (Wildman–Crippen MR) is 85.9 cm³/mol. The third-order valence-electron chi connectivity index (χ3n) is 3.50. The highest BCUT2D eigenvalue weighted by molar-refractivity contribution is 5.77. The number of aromatic amines is 1. The summed E-state index contributed by atoms with van der Waals surface area (Å²) < 4.78 is 1.07. The third-order valence-corrected chi connectivity index (χ3v) is 3.50. The molecule has 2 rings (SSSR count). The van der Waals surface area contributed by atoms with E-state index < -0.39 is 5.69 Å². The number of hydrogen-bond donors (Lipinski definition) is 2. The van der Waals surface area contributed by atoms with Gasteiger partial charge in [-0.25, -0.2) is 4.79 Å². The van der Waals surface area contributed by atoms with Crippen LogP contribution in [0.25, 0.3) is 10.9 Å². The Hall–Kier alpha value is -2.37. The van der Waals surface area contributed by atoms with Crippen molar-refractivity contribution in [2.45, 2.75) is 33.2 Å². The lowest BCUT2D eigenvalue weighted by molar-refractivity contribution is -0.121. The number of benzene rings is 1. The standard InChI is InChI=1S/C16H21N3O3/c1-11(2)7-9-17-14(20)8-10-19-15(21)12-5-3-4-6-13(12)18-16(19)22/h3-6,11H,7-10H2,1-2H3,(H,17,20)(H,18,22). The second-order valence-electron chi connectivity index (χ2n) is 5.72. The van der Waals surface area contributed by atoms with Crippen molar-refractivity contribution in [2.75, 3.05) is 6.54 Å². The van der Waals surface area contributed by atoms with Gasteiger partial charge >= 0.3 is 5.69 Å². The van der Waals surface area contributed by atoms with Crippen molar-refractivity contribution < 1.29 is 4.79 Å². The molecule has 1 aromatic heterocycles. The number of nitrogens with zero attached hydrogens (tertiary/aromatic N) is 1. The number of aromatic nitrogens is 2. The van der Waals surface area contributed by atoms with E-state index in [0.717, 1.165) is 11.0 Å². The van der Waals surface area contributed by atoms with Crippen molar-refractivity contribution in [1.29, 1.82) is 0 Å². The number of para-hydroxylation sites is 1. The lowest BCUT2D eigenvalue weighted by Crippen LogP contribution is -2.37. The van der Waals surface area contributed by atoms with Crippen LogP contribution in [0.2, 0.25) is 0 Å². The van der Waals surface area contributed by atoms with Gasteiger partial charge in [-0.2, -0.15) is 0 Å². The molecule has 0 saturated carbocycles. The fourth-order valence-electron chi connectivity index (χ4n) is 2.20. The van der Waals surface area contributed by atoms with Crippen LogP contribution in [0.15, 0.2) is 33.9 Å². The number of amides is 1. The molecule has 1 heterocycles. The van der Waals surface area contributed by atoms with E-state index in [2.05, 4.69) is 24.1 Å². The van der Waals surface area contributed by atoms with Crippen molar-refractivity contribution in [2.24, 2.45) is 5.92 Å². The van der Waals surface area contributed by atoms with E-state index >= 15 is 0 Å². The second-order valence-corrected chi connectivity index (χ2v) is 5.72. The highest BCUT2D eigenvalue weighted by atomic mass is 16.2. The van der Waals surface area contributed by atoms with E-state index in [1.54, 1.807) is 24.3 Å². The smallest absolute Gasteiger partial charge is 0.328 e. The van der Waals surface area contributed by atoms with Crippen LogP contribution in [-0.2, 0) is 11.3 Å². The maximum Gasteiger partial charge on any atom is 0.328 e. The van der Waals surface area contributed by atoms with Crippen molar-refractivity contribution in [3.63, 3.8) is 0 Å². The van der Waals surface area contributed by atoms with Gasteiger partial charge in [-0.05, 0) is 24.5 Å². The maximum atomic E-state index is 12.3. The molecule has 6 nitrogen and oxygen atoms in total. The zero-order valence-corrected chi connectivity index (χ0v) is 12.9. The average Bonchev–Trinajstić information content (AvgIpc) is 2.46. The number of H-pyrrole nitrogens is 1. The average molecular weight is 303 g/mol. The normalized spacial score (nSPS) is 11.0. The molecule has 1 amide bonds. The molecular weight excluding hydrogens is 282 g/mol. The molecule has 0 aliphatic rings. The maximum absolute atomic E-state index is 12.3. The van der Waals surface area contributed by atoms with Gasteiger partial charge in [0.15, 0.2) is 0 Å². The number of fused-ring (bicyclic) bond motifs is 1. The highest BCUT2D eigenvalue weighted by Gasteiger charge is 2.09. The SMILES string of the molecule is CC(C)CCNC(=O)CCn1c(=O)[nH]c2ccccc2c1=O. The minimum Gasteiger partial charge on any atom is -0.356 e. The van der Waals surface area contributed by atoms with Crippen molar-refractivity contribution in [3.05, 3.63) is 45.1 Å². The van der Waals surface area contributed by atoms with Gasteiger partial charge < -0.3 is 10.3 Å². The first-order valence-corrected chi connectivity index (χ1v) is 7.47. The molecule has 22 heavy (non-hydrogen) atoms. The molecule has 6 heteroatoms. The molecule has 2 N–H and O–H groups in total. The molecule has 0 spiro atoms. The third kappa shape index (κ3) is 3.84. The molecule has 0 fully saturated rings. The minimum absolute atomic E-state index is 0.0759. The van der Waals surface area contributed by atoms with Crippen molar-refractivity contribution in [1.82, 2.24) is 14.9 Å². The molecule has 0 unspecified atom stereocenters. The van der Waals surface area contributed by atoms with E-state index in [1.807, 2.05) is 0 Å². The molecule has 0 radical (unpaired) electrons. The summed E-state index contributed by atoms with van der Waals surface area (Å²) in [5, 5.41) is 3.24. The lowest BCUT2D eigenvalue weighted by atomic mass is 10.1. The van der Waals surface area contributed by atoms with Crippen LogP contribution in [0.1, 0.15) is 26.7 Å². The molecule has 0 saturated heterocycles. The summed E-state index contributed by atoms with van der Waals surface area (Å²) in [6.45, 7) is 4.85. The number of carbonyl (C=O) groups is 1. The first-order valence-electron chi connectivity index (χ1n) is 7.47. The van der Waals surface area contributed by atoms with Gasteiger partial charge in [0.05, 0.1) is 10.9 Å². The van der Waals surface area contributed by atoms with Gasteiger partial charge in [0.25, 0.3) is 5.56 Å². The topological polar surface area (TPSA) is 84.0 Å². The lowest BCUT2D eigenvalue weighted by Gasteiger charge is -2.08. The number of nitrogens with one attached hydrogen (secondary N) is 2. The molecule has 2 aromatic rings. The predicted octanol–water partition coefficient (Wildman–Crippen LogP) is 1.24. The Morgan fingerprint density at radius 1 is 1.27 bits per heavy atom. The Morgan fingerprint density at radius 3 is 2.73 bits per heavy atom. The van der Waals surface area contributed by atoms with Crippen LogP contribution in [-0.4, -0.2) is 22.0 Å². The molecule has 0 aliphatic carbocycles. The van der Waals surface area contributed by atoms with Gasteiger partial charge in [-0.1, -0.05) is 26.0 Å². The van der Waals surface area contributed by atoms with Crippen molar-refractivity contribution >= 4 is 16.8 Å². The fraction of sp³-hybridized carbons (Fsp3) is 0.438. The van der Waals surface area contributed by atoms with Crippen molar-refractivity contribution in [3.8, 4) is 0 Å². The fourth-order valence-corrected chi connectivity index (χ4v) is 2.20. The van der Waals surface area contributed by atoms with E-state index in [1.165, 1.54) is 0 Å². The highest BCUT2D eigenvalue weighted by Crippen LogP contribution is 2.03. The van der Waals surface area contributed by atoms with Gasteiger partial charge in [0.1, 0.15) is 0 Å². The Labute approximate surface area is 128 Å². The van der Waals surface area contributed by atoms with Crippen LogP contribution < -0.4 is 16.6 Å². The van der Waals surface area contributed by atoms with Gasteiger partial charge in [0.2, 0.25) is 5.91 Å². The number of carbonyl (C=O) groups excluding carboxylic acids is 1. The molecule has 118 valence electrons. The second kappa shape index (κ2) is 7.06. The Kier molecular flexibility index (Phi) is 5.14. The minimum atomic E-state index is -0.487. The summed E-state index contributed by atoms with van der Waals surface area (Å²) >= 11 is 0. The zero-order valence-electron chi connectivity index (χ0n) is 12.9. The first-order chi connectivity index (χ1) is 10.5. The largest absolute Gasteiger partial charge is 0.356 e. The van der Waals surface area contributed by atoms with Gasteiger partial charge in [-0.3, -0.25) is 14.2 Å². The van der Waals surface area contributed by atoms with E-state index in [-0.39, 0.29) is 24.4 Å². The van der Waals surface area contributed by atoms with Crippen LogP contribution in [0.4, 0.5) is 0 Å². The molecule has 0 atom stereocenters. The molecule has 0 bridgehead atoms. The quantitative estimate of drug-likeness (QED) is 0.842. The monoisotopic (exact) mass is 303 g/mol. The van der Waals surface area contributed by atoms with E-state index in [9.17, 15) is 14.4 Å². The summed E-state index contributed by atoms with van der Waals surface area (Å²) in [4.78, 5) is 38.6. The van der Waals surface area contributed by atoms with Crippen LogP contribution in [0.5, 0.6) is 0 Å². The zero-order chi connectivity index (χ0) is 16.1. The van der Waals surface area contributed by atoms with Gasteiger partial charge in [-0.15, -0.1) is 0 Å². The number of hydrogen-bond acceptors (Lipinski definition) is 3. The van der Waals surface area contributed by atoms with Crippen LogP contribution in [0, 0.1) is 5.92 Å². The summed E-state index contributed by atoms with van der Waals surface area (Å²) in [6.07, 6.45) is 1.02. The summed E-state index contributed by atoms with van der Waals surface area (Å²) in [6, 6.07) is 6.84. The Balaban J connectivity index is 2.07. The molecule has 1 aromatic carbocycles. The Morgan fingerprint density at radius 2 is 2.00 bits per heavy atom. The van der Waals surface area contributed by atoms with E-state index in [0.29, 0.717) is 23.4 Å². The number of rotatable bonds is 6. The van der Waals surface area contributed by atoms with Crippen LogP contribution in [0.3, 0.4) is 0 Å². The summed E-state index contributed by atoms with van der Waals surface area (Å²) in [5.74, 6) is 0.367. The summed E-state index contributed by atoms with van der Waals surface area (Å²) in [5.41, 5.74) is -0.344. The summed E-state index contributed by atoms with van der Waals surface area (Å²) in [7, 11) is 0. The van der Waals surface area contributed by atoms with Crippen LogP contribution >= 0.6 is 0 Å². The Bertz CT molecular complexity index is 774. The van der Waals surface area contributed by atoms with E-state index in [4.69, 9.17) is 0 Å². The molecule has 0 aliphatic heterocycles.